The quantitative estimate of drug-likeness (QED) is 0.765. The van der Waals surface area contributed by atoms with Crippen LogP contribution in [0.2, 0.25) is 0 Å². The van der Waals surface area contributed by atoms with Crippen LogP contribution < -0.4 is 14.4 Å². The second-order valence-electron chi connectivity index (χ2n) is 7.82. The van der Waals surface area contributed by atoms with Gasteiger partial charge in [0.05, 0.1) is 11.2 Å². The molecule has 0 bridgehead atoms. The number of aromatic nitrogens is 1. The molecule has 1 aliphatic heterocycles. The Hall–Kier alpha value is -2.81. The standard InChI is InChI=1S/C21H23F3N2O4/c1-13-10-15(5-6-16(13)29-12-20(2,3)28)26-9-8-17(19(26)27)30-18-7-4-14(11-25-18)21(22,23)24/h4-7,10-11,17,28H,8-9,12H2,1-3H3. The zero-order chi connectivity index (χ0) is 22.1. The molecule has 1 unspecified atom stereocenters. The Morgan fingerprint density at radius 3 is 2.53 bits per heavy atom. The maximum atomic E-state index is 12.7. The van der Waals surface area contributed by atoms with Crippen molar-refractivity contribution >= 4 is 11.6 Å². The van der Waals surface area contributed by atoms with E-state index in [1.165, 1.54) is 0 Å². The Morgan fingerprint density at radius 2 is 1.97 bits per heavy atom. The molecule has 2 aromatic rings. The number of carbonyl (C=O) groups excluding carboxylic acids is 1. The molecule has 6 nitrogen and oxygen atoms in total. The average molecular weight is 424 g/mol. The van der Waals surface area contributed by atoms with Crippen LogP contribution in [-0.4, -0.2) is 40.9 Å². The number of benzene rings is 1. The maximum Gasteiger partial charge on any atom is 0.417 e. The predicted octanol–water partition coefficient (Wildman–Crippen LogP) is 3.74. The number of nitrogens with zero attached hydrogens (tertiary/aromatic N) is 2. The van der Waals surface area contributed by atoms with E-state index in [1.807, 2.05) is 6.92 Å². The number of pyridine rings is 1. The van der Waals surface area contributed by atoms with Crippen LogP contribution in [0, 0.1) is 6.92 Å². The molecule has 162 valence electrons. The lowest BCUT2D eigenvalue weighted by Gasteiger charge is -2.21. The van der Waals surface area contributed by atoms with Crippen molar-refractivity contribution in [3.8, 4) is 11.6 Å². The van der Waals surface area contributed by atoms with E-state index in [2.05, 4.69) is 4.98 Å². The largest absolute Gasteiger partial charge is 0.490 e. The highest BCUT2D eigenvalue weighted by molar-refractivity contribution is 5.99. The summed E-state index contributed by atoms with van der Waals surface area (Å²) in [5.74, 6) is 0.283. The van der Waals surface area contributed by atoms with E-state index in [1.54, 1.807) is 36.9 Å². The number of halogens is 3. The Kier molecular flexibility index (Phi) is 5.94. The van der Waals surface area contributed by atoms with Crippen LogP contribution in [0.4, 0.5) is 18.9 Å². The highest BCUT2D eigenvalue weighted by Crippen LogP contribution is 2.31. The highest BCUT2D eigenvalue weighted by Gasteiger charge is 2.35. The van der Waals surface area contributed by atoms with Gasteiger partial charge in [-0.1, -0.05) is 0 Å². The lowest BCUT2D eigenvalue weighted by molar-refractivity contribution is -0.138. The number of rotatable bonds is 6. The number of anilines is 1. The lowest BCUT2D eigenvalue weighted by Crippen LogP contribution is -2.32. The molecule has 0 saturated carbocycles. The van der Waals surface area contributed by atoms with Crippen LogP contribution in [0.15, 0.2) is 36.5 Å². The molecule has 0 radical (unpaired) electrons. The van der Waals surface area contributed by atoms with Gasteiger partial charge in [0.25, 0.3) is 5.91 Å². The third-order valence-corrected chi connectivity index (χ3v) is 4.53. The summed E-state index contributed by atoms with van der Waals surface area (Å²) >= 11 is 0. The average Bonchev–Trinajstić information content (AvgIpc) is 3.00. The molecule has 1 N–H and O–H groups in total. The summed E-state index contributed by atoms with van der Waals surface area (Å²) in [4.78, 5) is 17.9. The molecule has 30 heavy (non-hydrogen) atoms. The first-order valence-electron chi connectivity index (χ1n) is 9.41. The molecule has 1 fully saturated rings. The number of hydrogen-bond acceptors (Lipinski definition) is 5. The second-order valence-corrected chi connectivity index (χ2v) is 7.82. The number of aliphatic hydroxyl groups is 1. The topological polar surface area (TPSA) is 71.9 Å². The second kappa shape index (κ2) is 8.14. The van der Waals surface area contributed by atoms with Gasteiger partial charge in [-0.3, -0.25) is 4.79 Å². The molecule has 2 heterocycles. The highest BCUT2D eigenvalue weighted by atomic mass is 19.4. The minimum absolute atomic E-state index is 0.0326. The Labute approximate surface area is 172 Å². The molecule has 0 spiro atoms. The van der Waals surface area contributed by atoms with Crippen LogP contribution in [0.25, 0.3) is 0 Å². The minimum Gasteiger partial charge on any atom is -0.490 e. The SMILES string of the molecule is Cc1cc(N2CCC(Oc3ccc(C(F)(F)F)cn3)C2=O)ccc1OCC(C)(C)O. The molecule has 1 amide bonds. The van der Waals surface area contributed by atoms with Crippen molar-refractivity contribution in [1.29, 1.82) is 0 Å². The summed E-state index contributed by atoms with van der Waals surface area (Å²) in [5, 5.41) is 9.78. The molecular formula is C21H23F3N2O4. The van der Waals surface area contributed by atoms with Gasteiger partial charge in [0.15, 0.2) is 6.10 Å². The van der Waals surface area contributed by atoms with Gasteiger partial charge in [0, 0.05) is 30.9 Å². The van der Waals surface area contributed by atoms with Gasteiger partial charge in [-0.15, -0.1) is 0 Å². The molecule has 1 aromatic carbocycles. The van der Waals surface area contributed by atoms with Crippen LogP contribution in [0.5, 0.6) is 11.6 Å². The first-order chi connectivity index (χ1) is 13.9. The van der Waals surface area contributed by atoms with Gasteiger partial charge in [-0.2, -0.15) is 13.2 Å². The van der Waals surface area contributed by atoms with E-state index in [0.29, 0.717) is 30.6 Å². The summed E-state index contributed by atoms with van der Waals surface area (Å²) in [6.07, 6.45) is -4.23. The molecule has 1 saturated heterocycles. The normalized spacial score (nSPS) is 17.4. The fourth-order valence-electron chi connectivity index (χ4n) is 3.00. The Bertz CT molecular complexity index is 908. The summed E-state index contributed by atoms with van der Waals surface area (Å²) < 4.78 is 49.0. The molecule has 1 atom stereocenters. The number of carbonyl (C=O) groups is 1. The smallest absolute Gasteiger partial charge is 0.417 e. The first kappa shape index (κ1) is 21.9. The van der Waals surface area contributed by atoms with Crippen molar-refractivity contribution in [2.24, 2.45) is 0 Å². The van der Waals surface area contributed by atoms with Crippen LogP contribution >= 0.6 is 0 Å². The lowest BCUT2D eigenvalue weighted by atomic mass is 10.1. The van der Waals surface area contributed by atoms with Gasteiger partial charge in [-0.25, -0.2) is 4.98 Å². The first-order valence-corrected chi connectivity index (χ1v) is 9.41. The number of ether oxygens (including phenoxy) is 2. The van der Waals surface area contributed by atoms with Crippen LogP contribution in [0.3, 0.4) is 0 Å². The molecule has 0 aliphatic carbocycles. The van der Waals surface area contributed by atoms with E-state index < -0.39 is 23.4 Å². The number of aryl methyl sites for hydroxylation is 1. The van der Waals surface area contributed by atoms with Crippen LogP contribution in [0.1, 0.15) is 31.4 Å². The van der Waals surface area contributed by atoms with Crippen molar-refractivity contribution in [1.82, 2.24) is 4.98 Å². The summed E-state index contributed by atoms with van der Waals surface area (Å²) in [6, 6.07) is 7.25. The molecule has 3 rings (SSSR count). The predicted molar refractivity (Wildman–Crippen MR) is 104 cm³/mol. The minimum atomic E-state index is -4.48. The van der Waals surface area contributed by atoms with Crippen molar-refractivity contribution in [2.45, 2.75) is 45.1 Å². The number of hydrogen-bond donors (Lipinski definition) is 1. The number of alkyl halides is 3. The summed E-state index contributed by atoms with van der Waals surface area (Å²) in [7, 11) is 0. The summed E-state index contributed by atoms with van der Waals surface area (Å²) in [5.41, 5.74) is -0.373. The van der Waals surface area contributed by atoms with Crippen LogP contribution in [-0.2, 0) is 11.0 Å². The van der Waals surface area contributed by atoms with Gasteiger partial charge in [0.1, 0.15) is 12.4 Å². The van der Waals surface area contributed by atoms with E-state index in [-0.39, 0.29) is 18.4 Å². The fraction of sp³-hybridized carbons (Fsp3) is 0.429. The molecule has 9 heteroatoms. The van der Waals surface area contributed by atoms with Gasteiger partial charge < -0.3 is 19.5 Å². The van der Waals surface area contributed by atoms with Gasteiger partial charge in [-0.05, 0) is 50.6 Å². The van der Waals surface area contributed by atoms with E-state index in [0.717, 1.165) is 17.7 Å². The van der Waals surface area contributed by atoms with Crippen molar-refractivity contribution in [3.05, 3.63) is 47.7 Å². The molecule has 1 aromatic heterocycles. The fourth-order valence-corrected chi connectivity index (χ4v) is 3.00. The van der Waals surface area contributed by atoms with Crippen molar-refractivity contribution in [2.75, 3.05) is 18.1 Å². The number of amides is 1. The van der Waals surface area contributed by atoms with Gasteiger partial charge in [0.2, 0.25) is 5.88 Å². The van der Waals surface area contributed by atoms with Crippen molar-refractivity contribution in [3.63, 3.8) is 0 Å². The molecule has 1 aliphatic rings. The van der Waals surface area contributed by atoms with E-state index in [9.17, 15) is 23.1 Å². The maximum absolute atomic E-state index is 12.7. The monoisotopic (exact) mass is 424 g/mol. The third kappa shape index (κ3) is 5.21. The van der Waals surface area contributed by atoms with Crippen molar-refractivity contribution < 1.29 is 32.5 Å². The third-order valence-electron chi connectivity index (χ3n) is 4.53. The Morgan fingerprint density at radius 1 is 1.23 bits per heavy atom. The zero-order valence-corrected chi connectivity index (χ0v) is 16.9. The summed E-state index contributed by atoms with van der Waals surface area (Å²) in [6.45, 7) is 5.67. The zero-order valence-electron chi connectivity index (χ0n) is 16.9. The van der Waals surface area contributed by atoms with E-state index >= 15 is 0 Å². The van der Waals surface area contributed by atoms with E-state index in [4.69, 9.17) is 9.47 Å². The Balaban J connectivity index is 1.65. The molecular weight excluding hydrogens is 401 g/mol. The van der Waals surface area contributed by atoms with Gasteiger partial charge >= 0.3 is 6.18 Å².